The van der Waals surface area contributed by atoms with Crippen LogP contribution in [0.3, 0.4) is 0 Å². The lowest BCUT2D eigenvalue weighted by Crippen LogP contribution is -2.21. The van der Waals surface area contributed by atoms with Crippen molar-refractivity contribution in [3.05, 3.63) is 48.2 Å². The highest BCUT2D eigenvalue weighted by Gasteiger charge is 2.16. The normalized spacial score (nSPS) is 11.5. The zero-order valence-corrected chi connectivity index (χ0v) is 19.4. The Bertz CT molecular complexity index is 1260. The minimum Gasteiger partial charge on any atom is -0.493 e. The Morgan fingerprint density at radius 2 is 1.88 bits per heavy atom. The van der Waals surface area contributed by atoms with Crippen LogP contribution in [0.25, 0.3) is 21.8 Å². The number of nitrogens with zero attached hydrogens (tertiary/aromatic N) is 3. The molecule has 4 rings (SSSR count). The molecular weight excluding hydrogens is 423 g/mol. The van der Waals surface area contributed by atoms with Gasteiger partial charge in [0.1, 0.15) is 6.33 Å². The van der Waals surface area contributed by atoms with Gasteiger partial charge in [0.05, 0.1) is 24.6 Å². The minimum atomic E-state index is -0.441. The van der Waals surface area contributed by atoms with Gasteiger partial charge in [-0.15, -0.1) is 0 Å². The minimum absolute atomic E-state index is 0.0944. The molecule has 1 N–H and O–H groups in total. The largest absolute Gasteiger partial charge is 0.493 e. The highest BCUT2D eigenvalue weighted by atomic mass is 19.1. The number of halogens is 1. The summed E-state index contributed by atoms with van der Waals surface area (Å²) in [5.41, 5.74) is 2.22. The van der Waals surface area contributed by atoms with E-state index in [1.54, 1.807) is 37.4 Å². The van der Waals surface area contributed by atoms with Gasteiger partial charge < -0.3 is 24.1 Å². The zero-order valence-electron chi connectivity index (χ0n) is 19.4. The van der Waals surface area contributed by atoms with Gasteiger partial charge in [0, 0.05) is 29.2 Å². The van der Waals surface area contributed by atoms with E-state index >= 15 is 4.39 Å². The van der Waals surface area contributed by atoms with Gasteiger partial charge in [0.15, 0.2) is 23.1 Å². The van der Waals surface area contributed by atoms with Gasteiger partial charge in [-0.2, -0.15) is 0 Å². The molecule has 2 heterocycles. The van der Waals surface area contributed by atoms with E-state index < -0.39 is 5.82 Å². The van der Waals surface area contributed by atoms with Crippen molar-refractivity contribution >= 4 is 21.8 Å². The topological polar surface area (TPSA) is 72.5 Å². The van der Waals surface area contributed by atoms with Crippen LogP contribution in [-0.2, 0) is 0 Å². The molecule has 0 saturated heterocycles. The van der Waals surface area contributed by atoms with E-state index in [9.17, 15) is 0 Å². The predicted molar refractivity (Wildman–Crippen MR) is 127 cm³/mol. The second-order valence-electron chi connectivity index (χ2n) is 8.10. The number of H-pyrrole nitrogens is 1. The van der Waals surface area contributed by atoms with E-state index in [2.05, 4.69) is 33.8 Å². The van der Waals surface area contributed by atoms with Crippen molar-refractivity contribution < 1.29 is 18.6 Å². The molecule has 0 radical (unpaired) electrons. The van der Waals surface area contributed by atoms with Crippen LogP contribution in [0.2, 0.25) is 0 Å². The van der Waals surface area contributed by atoms with Gasteiger partial charge in [0.25, 0.3) is 0 Å². The number of fused-ring (bicyclic) bond motifs is 2. The number of aromatic amines is 1. The van der Waals surface area contributed by atoms with Crippen molar-refractivity contribution in [1.29, 1.82) is 0 Å². The maximum Gasteiger partial charge on any atom is 0.230 e. The molecule has 2 aromatic carbocycles. The third-order valence-electron chi connectivity index (χ3n) is 5.47. The fourth-order valence-corrected chi connectivity index (χ4v) is 3.88. The lowest BCUT2D eigenvalue weighted by Gasteiger charge is -2.16. The summed E-state index contributed by atoms with van der Waals surface area (Å²) in [6.07, 6.45) is 3.42. The number of aryl methyl sites for hydroxylation is 1. The Morgan fingerprint density at radius 3 is 2.67 bits per heavy atom. The molecule has 7 nitrogen and oxygen atoms in total. The van der Waals surface area contributed by atoms with Gasteiger partial charge in [0.2, 0.25) is 5.88 Å². The average molecular weight is 453 g/mol. The number of methoxy groups -OCH3 is 1. The molecule has 0 fully saturated rings. The molecule has 0 bridgehead atoms. The summed E-state index contributed by atoms with van der Waals surface area (Å²) >= 11 is 0. The number of hydrogen-bond donors (Lipinski definition) is 1. The quantitative estimate of drug-likeness (QED) is 0.322. The van der Waals surface area contributed by atoms with Crippen molar-refractivity contribution in [3.8, 4) is 23.1 Å². The first kappa shape index (κ1) is 22.8. The highest BCUT2D eigenvalue weighted by Crippen LogP contribution is 2.37. The highest BCUT2D eigenvalue weighted by molar-refractivity contribution is 5.87. The van der Waals surface area contributed by atoms with Gasteiger partial charge >= 0.3 is 0 Å². The van der Waals surface area contributed by atoms with Crippen LogP contribution < -0.4 is 14.2 Å². The maximum atomic E-state index is 15.0. The molecule has 8 heteroatoms. The van der Waals surface area contributed by atoms with Crippen LogP contribution in [0.1, 0.15) is 25.5 Å². The number of nitrogens with one attached hydrogen (secondary N) is 1. The number of benzene rings is 2. The van der Waals surface area contributed by atoms with Crippen LogP contribution in [0.4, 0.5) is 4.39 Å². The monoisotopic (exact) mass is 452 g/mol. The molecule has 0 spiro atoms. The van der Waals surface area contributed by atoms with E-state index in [0.717, 1.165) is 31.6 Å². The van der Waals surface area contributed by atoms with E-state index in [-0.39, 0.29) is 11.6 Å². The van der Waals surface area contributed by atoms with Crippen LogP contribution >= 0.6 is 0 Å². The Hall–Kier alpha value is -3.39. The smallest absolute Gasteiger partial charge is 0.230 e. The van der Waals surface area contributed by atoms with Crippen molar-refractivity contribution in [3.63, 3.8) is 0 Å². The van der Waals surface area contributed by atoms with E-state index in [4.69, 9.17) is 14.2 Å². The first-order valence-electron chi connectivity index (χ1n) is 11.1. The molecule has 0 aliphatic carbocycles. The molecule has 33 heavy (non-hydrogen) atoms. The van der Waals surface area contributed by atoms with E-state index in [0.29, 0.717) is 39.9 Å². The summed E-state index contributed by atoms with van der Waals surface area (Å²) in [5.74, 6) is 1.04. The molecule has 0 aliphatic rings. The summed E-state index contributed by atoms with van der Waals surface area (Å²) in [5, 5.41) is 1.08. The molecule has 0 aliphatic heterocycles. The fraction of sp³-hybridized carbons (Fsp3) is 0.360. The summed E-state index contributed by atoms with van der Waals surface area (Å²) in [4.78, 5) is 14.0. The molecule has 174 valence electrons. The van der Waals surface area contributed by atoms with Gasteiger partial charge in [-0.05, 0) is 57.6 Å². The lowest BCUT2D eigenvalue weighted by molar-refractivity contribution is 0.254. The van der Waals surface area contributed by atoms with Crippen molar-refractivity contribution in [2.75, 3.05) is 33.9 Å². The Balaban J connectivity index is 1.57. The third-order valence-corrected chi connectivity index (χ3v) is 5.47. The van der Waals surface area contributed by atoms with Crippen molar-refractivity contribution in [1.82, 2.24) is 19.9 Å². The number of aromatic nitrogens is 3. The summed E-state index contributed by atoms with van der Waals surface area (Å²) in [6.45, 7) is 6.64. The SMILES string of the molecule is CCCN(C)CCCOc1cc2ncnc(Oc3ccc4[nH]c(C)cc4c3F)c2cc1OC. The Labute approximate surface area is 192 Å². The molecule has 4 aromatic rings. The molecular formula is C25H29FN4O3. The standard InChI is InChI=1S/C25H29FN4O3/c1-5-9-30(3)10-6-11-32-23-14-20-18(13-22(23)31-4)25(28-15-27-20)33-21-8-7-19-17(24(21)26)12-16(2)29-19/h7-8,12-15,29H,5-6,9-11H2,1-4H3. The summed E-state index contributed by atoms with van der Waals surface area (Å²) in [7, 11) is 3.69. The number of hydrogen-bond acceptors (Lipinski definition) is 6. The lowest BCUT2D eigenvalue weighted by atomic mass is 10.2. The molecule has 0 amide bonds. The molecule has 0 atom stereocenters. The van der Waals surface area contributed by atoms with Crippen LogP contribution in [0.5, 0.6) is 23.1 Å². The Morgan fingerprint density at radius 1 is 1.03 bits per heavy atom. The van der Waals surface area contributed by atoms with Crippen molar-refractivity contribution in [2.45, 2.75) is 26.7 Å². The second-order valence-corrected chi connectivity index (χ2v) is 8.10. The molecule has 2 aromatic heterocycles. The van der Waals surface area contributed by atoms with Crippen molar-refractivity contribution in [2.24, 2.45) is 0 Å². The van der Waals surface area contributed by atoms with E-state index in [1.165, 1.54) is 6.33 Å². The number of ether oxygens (including phenoxy) is 3. The van der Waals surface area contributed by atoms with Gasteiger partial charge in [-0.25, -0.2) is 14.4 Å². The first-order valence-corrected chi connectivity index (χ1v) is 11.1. The maximum absolute atomic E-state index is 15.0. The summed E-state index contributed by atoms with van der Waals surface area (Å²) in [6, 6.07) is 8.69. The fourth-order valence-electron chi connectivity index (χ4n) is 3.88. The third kappa shape index (κ3) is 5.01. The van der Waals surface area contributed by atoms with Crippen LogP contribution in [0, 0.1) is 12.7 Å². The van der Waals surface area contributed by atoms with Gasteiger partial charge in [-0.1, -0.05) is 6.92 Å². The average Bonchev–Trinajstić information content (AvgIpc) is 3.19. The first-order chi connectivity index (χ1) is 16.0. The Kier molecular flexibility index (Phi) is 6.93. The summed E-state index contributed by atoms with van der Waals surface area (Å²) < 4.78 is 32.4. The predicted octanol–water partition coefficient (Wildman–Crippen LogP) is 5.47. The zero-order chi connectivity index (χ0) is 23.4. The second kappa shape index (κ2) is 10.0. The van der Waals surface area contributed by atoms with Gasteiger partial charge in [-0.3, -0.25) is 0 Å². The van der Waals surface area contributed by atoms with Crippen LogP contribution in [0.15, 0.2) is 36.7 Å². The molecule has 0 saturated carbocycles. The molecule has 0 unspecified atom stereocenters. The number of rotatable bonds is 10. The van der Waals surface area contributed by atoms with E-state index in [1.807, 2.05) is 6.92 Å². The van der Waals surface area contributed by atoms with Crippen LogP contribution in [-0.4, -0.2) is 53.7 Å².